The minimum Gasteiger partial charge on any atom is -0.392 e. The molecule has 96 valence electrons. The number of rotatable bonds is 4. The minimum absolute atomic E-state index is 0.166. The summed E-state index contributed by atoms with van der Waals surface area (Å²) in [7, 11) is 0. The predicted octanol–water partition coefficient (Wildman–Crippen LogP) is 2.31. The van der Waals surface area contributed by atoms with E-state index in [9.17, 15) is 5.11 Å². The van der Waals surface area contributed by atoms with E-state index in [0.717, 1.165) is 5.56 Å². The molecule has 0 aromatic carbocycles. The van der Waals surface area contributed by atoms with Crippen LogP contribution in [0.5, 0.6) is 0 Å². The van der Waals surface area contributed by atoms with Gasteiger partial charge >= 0.3 is 0 Å². The maximum absolute atomic E-state index is 9.77. The van der Waals surface area contributed by atoms with E-state index in [4.69, 9.17) is 4.52 Å². The largest absolute Gasteiger partial charge is 0.392 e. The third kappa shape index (κ3) is 2.41. The van der Waals surface area contributed by atoms with Crippen LogP contribution in [0, 0.1) is 6.92 Å². The van der Waals surface area contributed by atoms with Crippen LogP contribution < -0.4 is 0 Å². The highest BCUT2D eigenvalue weighted by Crippen LogP contribution is 2.23. The van der Waals surface area contributed by atoms with Gasteiger partial charge in [0.1, 0.15) is 5.69 Å². The number of hydrogen-bond donors (Lipinski definition) is 1. The first-order valence-electron chi connectivity index (χ1n) is 6.07. The van der Waals surface area contributed by atoms with Gasteiger partial charge in [-0.15, -0.1) is 0 Å². The molecule has 5 nitrogen and oxygen atoms in total. The van der Waals surface area contributed by atoms with Gasteiger partial charge in [-0.2, -0.15) is 4.98 Å². The molecule has 2 atom stereocenters. The van der Waals surface area contributed by atoms with Crippen molar-refractivity contribution in [3.63, 3.8) is 0 Å². The lowest BCUT2D eigenvalue weighted by molar-refractivity contribution is 0.129. The van der Waals surface area contributed by atoms with Gasteiger partial charge in [0.05, 0.1) is 12.0 Å². The smallest absolute Gasteiger partial charge is 0.232 e. The Bertz CT molecular complexity index is 524. The highest BCUT2D eigenvalue weighted by Gasteiger charge is 2.22. The molecule has 0 radical (unpaired) electrons. The van der Waals surface area contributed by atoms with Gasteiger partial charge < -0.3 is 9.63 Å². The average Bonchev–Trinajstić information content (AvgIpc) is 2.87. The fourth-order valence-electron chi connectivity index (χ4n) is 1.75. The fraction of sp³-hybridized carbons (Fsp3) is 0.462. The van der Waals surface area contributed by atoms with Crippen LogP contribution in [-0.4, -0.2) is 26.3 Å². The number of pyridine rings is 1. The Labute approximate surface area is 106 Å². The molecule has 18 heavy (non-hydrogen) atoms. The van der Waals surface area contributed by atoms with Gasteiger partial charge in [-0.3, -0.25) is 4.98 Å². The zero-order valence-electron chi connectivity index (χ0n) is 10.8. The number of hydrogen-bond acceptors (Lipinski definition) is 5. The van der Waals surface area contributed by atoms with Crippen LogP contribution >= 0.6 is 0 Å². The van der Waals surface area contributed by atoms with Crippen LogP contribution in [0.2, 0.25) is 0 Å². The van der Waals surface area contributed by atoms with Gasteiger partial charge in [0, 0.05) is 6.20 Å². The number of aliphatic hydroxyl groups excluding tert-OH is 1. The predicted molar refractivity (Wildman–Crippen MR) is 67.0 cm³/mol. The highest BCUT2D eigenvalue weighted by molar-refractivity contribution is 5.53. The monoisotopic (exact) mass is 247 g/mol. The molecule has 2 heterocycles. The highest BCUT2D eigenvalue weighted by atomic mass is 16.5. The Balaban J connectivity index is 2.29. The SMILES string of the molecule is CCC(O)C(C)c1nc(-c2ncccc2C)no1. The molecule has 0 fully saturated rings. The molecule has 2 rings (SSSR count). The van der Waals surface area contributed by atoms with E-state index in [1.807, 2.05) is 32.9 Å². The van der Waals surface area contributed by atoms with Gasteiger partial charge in [0.2, 0.25) is 11.7 Å². The average molecular weight is 247 g/mol. The molecule has 5 heteroatoms. The molecule has 0 amide bonds. The summed E-state index contributed by atoms with van der Waals surface area (Å²) in [6.07, 6.45) is 1.88. The maximum atomic E-state index is 9.77. The molecule has 1 N–H and O–H groups in total. The number of aryl methyl sites for hydroxylation is 1. The van der Waals surface area contributed by atoms with Crippen molar-refractivity contribution in [1.29, 1.82) is 0 Å². The van der Waals surface area contributed by atoms with Crippen molar-refractivity contribution in [2.24, 2.45) is 0 Å². The first kappa shape index (κ1) is 12.7. The second kappa shape index (κ2) is 5.27. The van der Waals surface area contributed by atoms with Crippen molar-refractivity contribution in [1.82, 2.24) is 15.1 Å². The molecule has 0 aliphatic rings. The van der Waals surface area contributed by atoms with Crippen LogP contribution in [-0.2, 0) is 0 Å². The molecule has 0 saturated carbocycles. The molecule has 0 spiro atoms. The summed E-state index contributed by atoms with van der Waals surface area (Å²) in [5.74, 6) is 0.753. The van der Waals surface area contributed by atoms with Crippen molar-refractivity contribution >= 4 is 0 Å². The van der Waals surface area contributed by atoms with Crippen LogP contribution in [0.1, 0.15) is 37.6 Å². The standard InChI is InChI=1S/C13H17N3O2/c1-4-10(17)9(3)13-15-12(16-18-13)11-8(2)6-5-7-14-11/h5-7,9-10,17H,4H2,1-3H3. The molecule has 0 saturated heterocycles. The van der Waals surface area contributed by atoms with Crippen molar-refractivity contribution in [2.45, 2.75) is 39.2 Å². The Morgan fingerprint density at radius 1 is 1.44 bits per heavy atom. The van der Waals surface area contributed by atoms with Crippen LogP contribution in [0.25, 0.3) is 11.5 Å². The Hall–Kier alpha value is -1.75. The molecule has 0 aliphatic carbocycles. The Kier molecular flexibility index (Phi) is 3.72. The van der Waals surface area contributed by atoms with E-state index in [1.54, 1.807) is 6.20 Å². The second-order valence-electron chi connectivity index (χ2n) is 4.39. The normalized spacial score (nSPS) is 14.4. The molecular weight excluding hydrogens is 230 g/mol. The summed E-state index contributed by atoms with van der Waals surface area (Å²) in [4.78, 5) is 8.55. The molecular formula is C13H17N3O2. The number of nitrogens with zero attached hydrogens (tertiary/aromatic N) is 3. The summed E-state index contributed by atoms with van der Waals surface area (Å²) in [6.45, 7) is 5.74. The van der Waals surface area contributed by atoms with E-state index in [-0.39, 0.29) is 5.92 Å². The Morgan fingerprint density at radius 2 is 2.22 bits per heavy atom. The zero-order chi connectivity index (χ0) is 13.1. The van der Waals surface area contributed by atoms with Crippen LogP contribution in [0.15, 0.2) is 22.9 Å². The summed E-state index contributed by atoms with van der Waals surface area (Å²) >= 11 is 0. The molecule has 2 aromatic rings. The lowest BCUT2D eigenvalue weighted by Crippen LogP contribution is -2.14. The molecule has 2 unspecified atom stereocenters. The summed E-state index contributed by atoms with van der Waals surface area (Å²) in [5, 5.41) is 13.7. The fourth-order valence-corrected chi connectivity index (χ4v) is 1.75. The van der Waals surface area contributed by atoms with Crippen LogP contribution in [0.3, 0.4) is 0 Å². The minimum atomic E-state index is -0.469. The number of aliphatic hydroxyl groups is 1. The van der Waals surface area contributed by atoms with Crippen molar-refractivity contribution in [3.05, 3.63) is 29.8 Å². The summed E-state index contributed by atoms with van der Waals surface area (Å²) in [5.41, 5.74) is 1.71. The van der Waals surface area contributed by atoms with Gasteiger partial charge in [-0.1, -0.05) is 25.1 Å². The van der Waals surface area contributed by atoms with Crippen molar-refractivity contribution in [3.8, 4) is 11.5 Å². The number of aromatic nitrogens is 3. The lowest BCUT2D eigenvalue weighted by Gasteiger charge is -2.11. The quantitative estimate of drug-likeness (QED) is 0.897. The Morgan fingerprint density at radius 3 is 2.89 bits per heavy atom. The van der Waals surface area contributed by atoms with Gasteiger partial charge in [-0.25, -0.2) is 0 Å². The lowest BCUT2D eigenvalue weighted by atomic mass is 10.0. The van der Waals surface area contributed by atoms with E-state index in [0.29, 0.717) is 23.8 Å². The topological polar surface area (TPSA) is 72.0 Å². The summed E-state index contributed by atoms with van der Waals surface area (Å²) in [6, 6.07) is 3.81. The molecule has 2 aromatic heterocycles. The second-order valence-corrected chi connectivity index (χ2v) is 4.39. The van der Waals surface area contributed by atoms with E-state index in [1.165, 1.54) is 0 Å². The van der Waals surface area contributed by atoms with Crippen molar-refractivity contribution in [2.75, 3.05) is 0 Å². The first-order chi connectivity index (χ1) is 8.63. The first-order valence-corrected chi connectivity index (χ1v) is 6.07. The van der Waals surface area contributed by atoms with E-state index < -0.39 is 6.10 Å². The van der Waals surface area contributed by atoms with E-state index in [2.05, 4.69) is 15.1 Å². The molecule has 0 bridgehead atoms. The third-order valence-corrected chi connectivity index (χ3v) is 3.05. The van der Waals surface area contributed by atoms with Crippen LogP contribution in [0.4, 0.5) is 0 Å². The third-order valence-electron chi connectivity index (χ3n) is 3.05. The van der Waals surface area contributed by atoms with Crippen molar-refractivity contribution < 1.29 is 9.63 Å². The van der Waals surface area contributed by atoms with Gasteiger partial charge in [-0.05, 0) is 25.0 Å². The van der Waals surface area contributed by atoms with Gasteiger partial charge in [0.25, 0.3) is 0 Å². The molecule has 0 aliphatic heterocycles. The summed E-state index contributed by atoms with van der Waals surface area (Å²) < 4.78 is 5.20. The van der Waals surface area contributed by atoms with E-state index >= 15 is 0 Å². The maximum Gasteiger partial charge on any atom is 0.232 e. The van der Waals surface area contributed by atoms with Gasteiger partial charge in [0.15, 0.2) is 0 Å². The zero-order valence-corrected chi connectivity index (χ0v) is 10.8.